The Balaban J connectivity index is 1.70. The van der Waals surface area contributed by atoms with E-state index < -0.39 is 0 Å². The first kappa shape index (κ1) is 14.1. The van der Waals surface area contributed by atoms with Crippen LogP contribution in [0.3, 0.4) is 0 Å². The summed E-state index contributed by atoms with van der Waals surface area (Å²) < 4.78 is 11.1. The van der Waals surface area contributed by atoms with Gasteiger partial charge >= 0.3 is 0 Å². The summed E-state index contributed by atoms with van der Waals surface area (Å²) >= 11 is 0. The number of fused-ring (bicyclic) bond motifs is 1. The molecule has 2 unspecified atom stereocenters. The van der Waals surface area contributed by atoms with E-state index in [1.807, 2.05) is 18.2 Å². The fourth-order valence-electron chi connectivity index (χ4n) is 2.61. The summed E-state index contributed by atoms with van der Waals surface area (Å²) in [5, 5.41) is 4.10. The number of nitrogens with two attached hydrogens (primary N) is 1. The first-order chi connectivity index (χ1) is 10.3. The van der Waals surface area contributed by atoms with Crippen LogP contribution in [0.25, 0.3) is 0 Å². The Hall–Kier alpha value is -1.88. The fraction of sp³-hybridized carbons (Fsp3) is 0.500. The maximum absolute atomic E-state index is 6.07. The van der Waals surface area contributed by atoms with Crippen molar-refractivity contribution < 1.29 is 9.26 Å². The van der Waals surface area contributed by atoms with Crippen molar-refractivity contribution in [2.45, 2.75) is 44.6 Å². The van der Waals surface area contributed by atoms with Crippen LogP contribution in [-0.4, -0.2) is 16.7 Å². The second-order valence-electron chi connectivity index (χ2n) is 5.56. The molecule has 3 rings (SSSR count). The number of para-hydroxylation sites is 1. The Morgan fingerprint density at radius 2 is 2.24 bits per heavy atom. The van der Waals surface area contributed by atoms with Crippen LogP contribution >= 0.6 is 0 Å². The largest absolute Gasteiger partial charge is 0.493 e. The second kappa shape index (κ2) is 6.26. The minimum Gasteiger partial charge on any atom is -0.493 e. The molecule has 0 bridgehead atoms. The molecule has 0 fully saturated rings. The predicted octanol–water partition coefficient (Wildman–Crippen LogP) is 2.98. The van der Waals surface area contributed by atoms with E-state index in [0.717, 1.165) is 31.4 Å². The molecule has 1 aliphatic heterocycles. The van der Waals surface area contributed by atoms with Crippen LogP contribution in [0.1, 0.15) is 55.4 Å². The van der Waals surface area contributed by atoms with E-state index in [1.165, 1.54) is 5.56 Å². The van der Waals surface area contributed by atoms with Gasteiger partial charge in [-0.05, 0) is 24.5 Å². The van der Waals surface area contributed by atoms with Gasteiger partial charge in [-0.1, -0.05) is 43.1 Å². The zero-order valence-corrected chi connectivity index (χ0v) is 12.3. The quantitative estimate of drug-likeness (QED) is 0.915. The summed E-state index contributed by atoms with van der Waals surface area (Å²) in [5.74, 6) is 2.33. The molecule has 1 aliphatic rings. The number of aromatic nitrogens is 2. The highest BCUT2D eigenvalue weighted by molar-refractivity contribution is 5.36. The molecule has 2 N–H and O–H groups in total. The van der Waals surface area contributed by atoms with Crippen molar-refractivity contribution in [3.05, 3.63) is 41.5 Å². The summed E-state index contributed by atoms with van der Waals surface area (Å²) in [4.78, 5) is 4.48. The molecule has 0 radical (unpaired) electrons. The first-order valence-corrected chi connectivity index (χ1v) is 7.57. The van der Waals surface area contributed by atoms with Crippen LogP contribution in [-0.2, 0) is 6.42 Å². The van der Waals surface area contributed by atoms with Crippen LogP contribution in [0.2, 0.25) is 0 Å². The predicted molar refractivity (Wildman–Crippen MR) is 79.1 cm³/mol. The van der Waals surface area contributed by atoms with E-state index in [1.54, 1.807) is 0 Å². The van der Waals surface area contributed by atoms with Crippen LogP contribution < -0.4 is 10.5 Å². The van der Waals surface area contributed by atoms with E-state index >= 15 is 0 Å². The van der Waals surface area contributed by atoms with Crippen molar-refractivity contribution in [1.29, 1.82) is 0 Å². The zero-order chi connectivity index (χ0) is 14.7. The topological polar surface area (TPSA) is 74.2 Å². The standard InChI is InChI=1S/C16H21N3O2/c1-2-3-7-13(17)16-18-15(19-21-16)12-9-11-6-4-5-8-14(11)20-10-12/h4-6,8,12-13H,2-3,7,9-10,17H2,1H3. The van der Waals surface area contributed by atoms with Gasteiger partial charge in [-0.25, -0.2) is 0 Å². The highest BCUT2D eigenvalue weighted by atomic mass is 16.5. The zero-order valence-electron chi connectivity index (χ0n) is 12.3. The third kappa shape index (κ3) is 3.08. The molecule has 0 aliphatic carbocycles. The first-order valence-electron chi connectivity index (χ1n) is 7.57. The third-order valence-electron chi connectivity index (χ3n) is 3.89. The number of rotatable bonds is 5. The van der Waals surface area contributed by atoms with Crippen LogP contribution in [0, 0.1) is 0 Å². The fourth-order valence-corrected chi connectivity index (χ4v) is 2.61. The smallest absolute Gasteiger partial charge is 0.243 e. The number of ether oxygens (including phenoxy) is 1. The van der Waals surface area contributed by atoms with Gasteiger partial charge in [-0.2, -0.15) is 4.98 Å². The molecule has 0 spiro atoms. The molecule has 1 aromatic carbocycles. The molecule has 2 atom stereocenters. The lowest BCUT2D eigenvalue weighted by Crippen LogP contribution is -2.20. The molecular weight excluding hydrogens is 266 g/mol. The summed E-state index contributed by atoms with van der Waals surface area (Å²) in [6.45, 7) is 2.73. The lowest BCUT2D eigenvalue weighted by atomic mass is 9.96. The van der Waals surface area contributed by atoms with Crippen LogP contribution in [0.15, 0.2) is 28.8 Å². The molecular formula is C16H21N3O2. The molecule has 2 heterocycles. The molecule has 0 saturated carbocycles. The van der Waals surface area contributed by atoms with Gasteiger partial charge in [0.1, 0.15) is 5.75 Å². The van der Waals surface area contributed by atoms with E-state index in [0.29, 0.717) is 18.3 Å². The summed E-state index contributed by atoms with van der Waals surface area (Å²) in [6, 6.07) is 7.91. The third-order valence-corrected chi connectivity index (χ3v) is 3.89. The van der Waals surface area contributed by atoms with Gasteiger partial charge in [0.15, 0.2) is 5.82 Å². The van der Waals surface area contributed by atoms with Crippen LogP contribution in [0.5, 0.6) is 5.75 Å². The molecule has 2 aromatic rings. The van der Waals surface area contributed by atoms with Gasteiger partial charge in [0.25, 0.3) is 0 Å². The van der Waals surface area contributed by atoms with Gasteiger partial charge < -0.3 is 15.0 Å². The van der Waals surface area contributed by atoms with Gasteiger partial charge in [0.05, 0.1) is 18.6 Å². The second-order valence-corrected chi connectivity index (χ2v) is 5.56. The van der Waals surface area contributed by atoms with E-state index in [9.17, 15) is 0 Å². The molecule has 1 aromatic heterocycles. The lowest BCUT2D eigenvalue weighted by molar-refractivity contribution is 0.253. The molecule has 112 valence electrons. The van der Waals surface area contributed by atoms with Crippen molar-refractivity contribution in [2.24, 2.45) is 5.73 Å². The number of unbranched alkanes of at least 4 members (excludes halogenated alkanes) is 1. The monoisotopic (exact) mass is 287 g/mol. The average molecular weight is 287 g/mol. The summed E-state index contributed by atoms with van der Waals surface area (Å²) in [7, 11) is 0. The maximum atomic E-state index is 6.07. The maximum Gasteiger partial charge on any atom is 0.243 e. The van der Waals surface area contributed by atoms with Crippen molar-refractivity contribution >= 4 is 0 Å². The van der Waals surface area contributed by atoms with Gasteiger partial charge in [-0.15, -0.1) is 0 Å². The van der Waals surface area contributed by atoms with Gasteiger partial charge in [-0.3, -0.25) is 0 Å². The average Bonchev–Trinajstić information content (AvgIpc) is 3.02. The van der Waals surface area contributed by atoms with Crippen molar-refractivity contribution in [3.8, 4) is 5.75 Å². The highest BCUT2D eigenvalue weighted by Gasteiger charge is 2.26. The van der Waals surface area contributed by atoms with E-state index in [2.05, 4.69) is 23.1 Å². The molecule has 5 nitrogen and oxygen atoms in total. The Labute approximate surface area is 124 Å². The Morgan fingerprint density at radius 3 is 3.10 bits per heavy atom. The van der Waals surface area contributed by atoms with Crippen molar-refractivity contribution in [1.82, 2.24) is 10.1 Å². The van der Waals surface area contributed by atoms with E-state index in [-0.39, 0.29) is 12.0 Å². The number of benzene rings is 1. The Kier molecular flexibility index (Phi) is 4.20. The number of hydrogen-bond donors (Lipinski definition) is 1. The number of hydrogen-bond acceptors (Lipinski definition) is 5. The van der Waals surface area contributed by atoms with Gasteiger partial charge in [0, 0.05) is 0 Å². The van der Waals surface area contributed by atoms with Gasteiger partial charge in [0.2, 0.25) is 5.89 Å². The van der Waals surface area contributed by atoms with Crippen LogP contribution in [0.4, 0.5) is 0 Å². The molecule has 0 amide bonds. The normalized spacial score (nSPS) is 18.9. The Morgan fingerprint density at radius 1 is 1.38 bits per heavy atom. The molecule has 5 heteroatoms. The minimum absolute atomic E-state index is 0.135. The minimum atomic E-state index is -0.164. The molecule has 21 heavy (non-hydrogen) atoms. The SMILES string of the molecule is CCCCC(N)c1nc(C2COc3ccccc3C2)no1. The molecule has 0 saturated heterocycles. The summed E-state index contributed by atoms with van der Waals surface area (Å²) in [5.41, 5.74) is 7.26. The van der Waals surface area contributed by atoms with Crippen molar-refractivity contribution in [2.75, 3.05) is 6.61 Å². The Bertz CT molecular complexity index is 597. The van der Waals surface area contributed by atoms with E-state index in [4.69, 9.17) is 15.0 Å². The lowest BCUT2D eigenvalue weighted by Gasteiger charge is -2.22. The van der Waals surface area contributed by atoms with Crippen molar-refractivity contribution in [3.63, 3.8) is 0 Å². The highest BCUT2D eigenvalue weighted by Crippen LogP contribution is 2.31. The number of nitrogens with zero attached hydrogens (tertiary/aromatic N) is 2. The summed E-state index contributed by atoms with van der Waals surface area (Å²) in [6.07, 6.45) is 3.93.